The summed E-state index contributed by atoms with van der Waals surface area (Å²) < 4.78 is 16.1. The van der Waals surface area contributed by atoms with Crippen LogP contribution in [0.25, 0.3) is 6.08 Å². The lowest BCUT2D eigenvalue weighted by atomic mass is 10.0. The zero-order chi connectivity index (χ0) is 26.4. The Morgan fingerprint density at radius 1 is 1.00 bits per heavy atom. The summed E-state index contributed by atoms with van der Waals surface area (Å²) in [6, 6.07) is 11.5. The number of carbonyl (C=O) groups is 4. The van der Waals surface area contributed by atoms with E-state index in [4.69, 9.17) is 14.2 Å². The van der Waals surface area contributed by atoms with Crippen molar-refractivity contribution in [3.05, 3.63) is 64.7 Å². The van der Waals surface area contributed by atoms with Crippen LogP contribution in [0.3, 0.4) is 0 Å². The van der Waals surface area contributed by atoms with Crippen LogP contribution in [0.2, 0.25) is 0 Å². The Bertz CT molecular complexity index is 1240. The van der Waals surface area contributed by atoms with Gasteiger partial charge in [-0.3, -0.25) is 14.5 Å². The Labute approximate surface area is 208 Å². The summed E-state index contributed by atoms with van der Waals surface area (Å²) in [5.41, 5.74) is 0.724. The van der Waals surface area contributed by atoms with Gasteiger partial charge in [0.1, 0.15) is 17.7 Å². The Kier molecular flexibility index (Phi) is 8.22. The maximum Gasteiger partial charge on any atom is 0.348 e. The summed E-state index contributed by atoms with van der Waals surface area (Å²) in [5, 5.41) is 9.28. The molecule has 1 aliphatic rings. The van der Waals surface area contributed by atoms with Crippen LogP contribution in [0.1, 0.15) is 54.0 Å². The van der Waals surface area contributed by atoms with Gasteiger partial charge >= 0.3 is 11.9 Å². The first-order chi connectivity index (χ1) is 17.2. The molecule has 0 saturated carbocycles. The zero-order valence-corrected chi connectivity index (χ0v) is 20.4. The molecule has 0 bridgehead atoms. The zero-order valence-electron chi connectivity index (χ0n) is 20.4. The van der Waals surface area contributed by atoms with Crippen LogP contribution < -0.4 is 9.47 Å². The lowest BCUT2D eigenvalue weighted by Gasteiger charge is -2.27. The van der Waals surface area contributed by atoms with Gasteiger partial charge in [0, 0.05) is 0 Å². The van der Waals surface area contributed by atoms with Crippen LogP contribution in [-0.2, 0) is 14.3 Å². The highest BCUT2D eigenvalue weighted by molar-refractivity contribution is 6.22. The Morgan fingerprint density at radius 2 is 1.64 bits per heavy atom. The van der Waals surface area contributed by atoms with Gasteiger partial charge in [0.25, 0.3) is 11.8 Å². The molecule has 9 heteroatoms. The number of imide groups is 1. The number of hydrogen-bond acceptors (Lipinski definition) is 8. The lowest BCUT2D eigenvalue weighted by Crippen LogP contribution is -2.49. The van der Waals surface area contributed by atoms with Gasteiger partial charge in [-0.2, -0.15) is 5.26 Å². The molecule has 9 nitrogen and oxygen atoms in total. The van der Waals surface area contributed by atoms with Crippen LogP contribution in [-0.4, -0.2) is 47.9 Å². The molecule has 2 aromatic rings. The molecule has 2 aromatic carbocycles. The predicted molar refractivity (Wildman–Crippen MR) is 129 cm³/mol. The van der Waals surface area contributed by atoms with Crippen molar-refractivity contribution >= 4 is 29.8 Å². The Hall–Kier alpha value is -4.45. The van der Waals surface area contributed by atoms with E-state index in [0.29, 0.717) is 5.56 Å². The van der Waals surface area contributed by atoms with Gasteiger partial charge in [0.2, 0.25) is 0 Å². The monoisotopic (exact) mass is 490 g/mol. The molecule has 0 N–H and O–H groups in total. The number of hydrogen-bond donors (Lipinski definition) is 0. The average Bonchev–Trinajstić information content (AvgIpc) is 3.09. The number of rotatable bonds is 9. The van der Waals surface area contributed by atoms with Crippen molar-refractivity contribution in [3.8, 4) is 17.6 Å². The van der Waals surface area contributed by atoms with Crippen molar-refractivity contribution in [1.82, 2.24) is 4.90 Å². The SMILES string of the molecule is CCOC(=O)/C(C#N)=C/c1ccc(OC(=O)C(C(C)C)N2C(=O)c3ccccc3C2=O)c(OCC)c1. The van der Waals surface area contributed by atoms with Crippen LogP contribution in [0.4, 0.5) is 0 Å². The lowest BCUT2D eigenvalue weighted by molar-refractivity contribution is -0.140. The quantitative estimate of drug-likeness (QED) is 0.171. The van der Waals surface area contributed by atoms with Gasteiger partial charge in [-0.05, 0) is 55.7 Å². The molecule has 0 aliphatic carbocycles. The largest absolute Gasteiger partial charge is 0.490 e. The van der Waals surface area contributed by atoms with Gasteiger partial charge in [0.05, 0.1) is 24.3 Å². The highest BCUT2D eigenvalue weighted by atomic mass is 16.6. The third-order valence-electron chi connectivity index (χ3n) is 5.38. The summed E-state index contributed by atoms with van der Waals surface area (Å²) >= 11 is 0. The van der Waals surface area contributed by atoms with E-state index in [1.807, 2.05) is 0 Å². The molecule has 0 radical (unpaired) electrons. The van der Waals surface area contributed by atoms with E-state index in [0.717, 1.165) is 4.90 Å². The van der Waals surface area contributed by atoms with E-state index in [-0.39, 0.29) is 41.4 Å². The highest BCUT2D eigenvalue weighted by Crippen LogP contribution is 2.32. The molecule has 1 heterocycles. The minimum Gasteiger partial charge on any atom is -0.490 e. The molecule has 0 aromatic heterocycles. The van der Waals surface area contributed by atoms with Crippen molar-refractivity contribution in [2.45, 2.75) is 33.7 Å². The maximum absolute atomic E-state index is 13.3. The second-order valence-electron chi connectivity index (χ2n) is 8.17. The highest BCUT2D eigenvalue weighted by Gasteiger charge is 2.45. The van der Waals surface area contributed by atoms with Crippen molar-refractivity contribution < 1.29 is 33.4 Å². The van der Waals surface area contributed by atoms with Crippen LogP contribution in [0.5, 0.6) is 11.5 Å². The molecule has 1 unspecified atom stereocenters. The summed E-state index contributed by atoms with van der Waals surface area (Å²) in [6.07, 6.45) is 1.34. The fourth-order valence-electron chi connectivity index (χ4n) is 3.78. The molecule has 0 spiro atoms. The van der Waals surface area contributed by atoms with E-state index in [2.05, 4.69) is 0 Å². The third kappa shape index (κ3) is 5.28. The third-order valence-corrected chi connectivity index (χ3v) is 5.38. The van der Waals surface area contributed by atoms with Crippen LogP contribution in [0, 0.1) is 17.2 Å². The molecule has 186 valence electrons. The van der Waals surface area contributed by atoms with Crippen molar-refractivity contribution in [3.63, 3.8) is 0 Å². The summed E-state index contributed by atoms with van der Waals surface area (Å²) in [7, 11) is 0. The number of fused-ring (bicyclic) bond motifs is 1. The average molecular weight is 491 g/mol. The van der Waals surface area contributed by atoms with Gasteiger partial charge in [-0.25, -0.2) is 9.59 Å². The first-order valence-corrected chi connectivity index (χ1v) is 11.5. The fraction of sp³-hybridized carbons (Fsp3) is 0.296. The smallest absolute Gasteiger partial charge is 0.348 e. The van der Waals surface area contributed by atoms with Gasteiger partial charge in [0.15, 0.2) is 11.5 Å². The topological polar surface area (TPSA) is 123 Å². The minimum absolute atomic E-state index is 0.0656. The standard InChI is InChI=1S/C27H26N2O7/c1-5-34-22-14-17(13-18(15-28)26(32)35-6-2)11-12-21(22)36-27(33)23(16(3)4)29-24(30)19-9-7-8-10-20(19)25(29)31/h7-14,16,23H,5-6H2,1-4H3/b18-13+. The van der Waals surface area contributed by atoms with Crippen molar-refractivity contribution in [2.75, 3.05) is 13.2 Å². The van der Waals surface area contributed by atoms with E-state index in [9.17, 15) is 24.4 Å². The molecule has 36 heavy (non-hydrogen) atoms. The summed E-state index contributed by atoms with van der Waals surface area (Å²) in [5.74, 6) is -2.84. The minimum atomic E-state index is -1.17. The summed E-state index contributed by atoms with van der Waals surface area (Å²) in [4.78, 5) is 52.1. The number of amides is 2. The molecule has 0 fully saturated rings. The summed E-state index contributed by atoms with van der Waals surface area (Å²) in [6.45, 7) is 7.17. The van der Waals surface area contributed by atoms with Crippen molar-refractivity contribution in [1.29, 1.82) is 5.26 Å². The predicted octanol–water partition coefficient (Wildman–Crippen LogP) is 3.78. The number of carbonyl (C=O) groups excluding carboxylic acids is 4. The Balaban J connectivity index is 1.91. The number of esters is 2. The second kappa shape index (κ2) is 11.3. The number of nitriles is 1. The number of ether oxygens (including phenoxy) is 3. The molecule has 0 saturated heterocycles. The number of benzene rings is 2. The second-order valence-corrected chi connectivity index (χ2v) is 8.17. The first kappa shape index (κ1) is 26.2. The van der Waals surface area contributed by atoms with Gasteiger partial charge < -0.3 is 14.2 Å². The molecular weight excluding hydrogens is 464 g/mol. The van der Waals surface area contributed by atoms with Gasteiger partial charge in [-0.1, -0.05) is 32.0 Å². The molecule has 3 rings (SSSR count). The van der Waals surface area contributed by atoms with E-state index in [1.54, 1.807) is 58.0 Å². The van der Waals surface area contributed by atoms with Crippen LogP contribution in [0.15, 0.2) is 48.0 Å². The van der Waals surface area contributed by atoms with E-state index < -0.39 is 35.7 Å². The normalized spacial score (nSPS) is 13.8. The van der Waals surface area contributed by atoms with E-state index in [1.165, 1.54) is 24.3 Å². The first-order valence-electron chi connectivity index (χ1n) is 11.5. The number of nitrogens with zero attached hydrogens (tertiary/aromatic N) is 2. The van der Waals surface area contributed by atoms with Crippen molar-refractivity contribution in [2.24, 2.45) is 5.92 Å². The maximum atomic E-state index is 13.3. The molecule has 1 atom stereocenters. The van der Waals surface area contributed by atoms with Gasteiger partial charge in [-0.15, -0.1) is 0 Å². The van der Waals surface area contributed by atoms with Crippen LogP contribution >= 0.6 is 0 Å². The molecular formula is C27H26N2O7. The van der Waals surface area contributed by atoms with E-state index >= 15 is 0 Å². The molecule has 2 amide bonds. The fourth-order valence-corrected chi connectivity index (χ4v) is 3.78. The molecule has 1 aliphatic heterocycles. The Morgan fingerprint density at radius 3 is 2.17 bits per heavy atom.